The third kappa shape index (κ3) is 3.00. The first-order valence-corrected chi connectivity index (χ1v) is 6.45. The van der Waals surface area contributed by atoms with E-state index in [1.54, 1.807) is 10.6 Å². The minimum atomic E-state index is -0.514. The van der Waals surface area contributed by atoms with Crippen LogP contribution >= 0.6 is 11.6 Å². The Balaban J connectivity index is 2.27. The highest BCUT2D eigenvalue weighted by atomic mass is 35.5. The fraction of sp³-hybridized carbons (Fsp3) is 0.538. The predicted octanol–water partition coefficient (Wildman–Crippen LogP) is 1.64. The minimum Gasteiger partial charge on any atom is -0.376 e. The van der Waals surface area contributed by atoms with Crippen molar-refractivity contribution in [1.82, 2.24) is 4.57 Å². The summed E-state index contributed by atoms with van der Waals surface area (Å²) in [5, 5.41) is -0.514. The van der Waals surface area contributed by atoms with Gasteiger partial charge >= 0.3 is 0 Å². The number of aromatic nitrogens is 1. The van der Waals surface area contributed by atoms with Crippen LogP contribution in [0, 0.1) is 6.92 Å². The molecule has 1 aliphatic rings. The van der Waals surface area contributed by atoms with Crippen LogP contribution in [-0.2, 0) is 22.5 Å². The molecule has 4 nitrogen and oxygen atoms in total. The summed E-state index contributed by atoms with van der Waals surface area (Å²) in [6.45, 7) is 3.19. The van der Waals surface area contributed by atoms with Gasteiger partial charge < -0.3 is 9.30 Å². The normalized spacial score (nSPS) is 19.1. The molecule has 1 saturated heterocycles. The number of ether oxygens (including phenoxy) is 1. The van der Waals surface area contributed by atoms with Crippen LogP contribution in [0.3, 0.4) is 0 Å². The number of halogens is 1. The van der Waals surface area contributed by atoms with E-state index in [9.17, 15) is 9.59 Å². The van der Waals surface area contributed by atoms with E-state index in [2.05, 4.69) is 0 Å². The smallest absolute Gasteiger partial charge is 0.254 e. The number of carbonyl (C=O) groups excluding carboxylic acids is 1. The average Bonchev–Trinajstić information content (AvgIpc) is 2.81. The van der Waals surface area contributed by atoms with Gasteiger partial charge in [0.25, 0.3) is 5.56 Å². The molecule has 98 valence electrons. The molecule has 0 amide bonds. The zero-order valence-corrected chi connectivity index (χ0v) is 11.1. The second-order valence-electron chi connectivity index (χ2n) is 4.58. The van der Waals surface area contributed by atoms with Crippen molar-refractivity contribution in [2.75, 3.05) is 6.61 Å². The molecule has 0 bridgehead atoms. The quantitative estimate of drug-likeness (QED) is 0.781. The Morgan fingerprint density at radius 1 is 1.56 bits per heavy atom. The first-order chi connectivity index (χ1) is 8.58. The Bertz CT molecular complexity index is 503. The first-order valence-electron chi connectivity index (χ1n) is 6.07. The summed E-state index contributed by atoms with van der Waals surface area (Å²) >= 11 is 5.33. The molecule has 0 spiro atoms. The van der Waals surface area contributed by atoms with Crippen LogP contribution in [0.4, 0.5) is 0 Å². The van der Waals surface area contributed by atoms with Gasteiger partial charge in [-0.15, -0.1) is 0 Å². The lowest BCUT2D eigenvalue weighted by Crippen LogP contribution is -2.30. The monoisotopic (exact) mass is 269 g/mol. The van der Waals surface area contributed by atoms with Gasteiger partial charge in [-0.25, -0.2) is 0 Å². The van der Waals surface area contributed by atoms with Crippen LogP contribution in [0.1, 0.15) is 24.1 Å². The first kappa shape index (κ1) is 13.3. The number of nitrogens with zero attached hydrogens (tertiary/aromatic N) is 1. The van der Waals surface area contributed by atoms with E-state index in [1.807, 2.05) is 13.0 Å². The van der Waals surface area contributed by atoms with Crippen molar-refractivity contribution >= 4 is 16.8 Å². The largest absolute Gasteiger partial charge is 0.376 e. The summed E-state index contributed by atoms with van der Waals surface area (Å²) in [6, 6.07) is 3.51. The van der Waals surface area contributed by atoms with Gasteiger partial charge in [-0.3, -0.25) is 9.59 Å². The van der Waals surface area contributed by atoms with Gasteiger partial charge in [0, 0.05) is 17.9 Å². The predicted molar refractivity (Wildman–Crippen MR) is 69.0 cm³/mol. The van der Waals surface area contributed by atoms with Crippen molar-refractivity contribution in [3.05, 3.63) is 33.7 Å². The Morgan fingerprint density at radius 3 is 2.94 bits per heavy atom. The van der Waals surface area contributed by atoms with Gasteiger partial charge in [0.1, 0.15) is 0 Å². The molecular weight excluding hydrogens is 254 g/mol. The molecule has 0 aliphatic carbocycles. The second-order valence-corrected chi connectivity index (χ2v) is 5.00. The van der Waals surface area contributed by atoms with Crippen LogP contribution in [0.5, 0.6) is 0 Å². The molecule has 1 unspecified atom stereocenters. The maximum absolute atomic E-state index is 12.2. The zero-order chi connectivity index (χ0) is 13.1. The van der Waals surface area contributed by atoms with Gasteiger partial charge in [-0.1, -0.05) is 6.07 Å². The molecule has 1 aliphatic heterocycles. The summed E-state index contributed by atoms with van der Waals surface area (Å²) < 4.78 is 7.21. The second kappa shape index (κ2) is 5.67. The average molecular weight is 270 g/mol. The van der Waals surface area contributed by atoms with E-state index in [0.29, 0.717) is 12.1 Å². The lowest BCUT2D eigenvalue weighted by atomic mass is 10.1. The topological polar surface area (TPSA) is 48.3 Å². The fourth-order valence-corrected chi connectivity index (χ4v) is 2.36. The fourth-order valence-electron chi connectivity index (χ4n) is 2.22. The van der Waals surface area contributed by atoms with E-state index < -0.39 is 5.24 Å². The summed E-state index contributed by atoms with van der Waals surface area (Å²) in [6.07, 6.45) is 2.10. The number of hydrogen-bond acceptors (Lipinski definition) is 3. The molecule has 1 aromatic rings. The minimum absolute atomic E-state index is 0.0216. The van der Waals surface area contributed by atoms with Crippen LogP contribution < -0.4 is 5.56 Å². The highest BCUT2D eigenvalue weighted by Crippen LogP contribution is 2.14. The summed E-state index contributed by atoms with van der Waals surface area (Å²) in [5.74, 6) is 0. The van der Waals surface area contributed by atoms with Crippen LogP contribution in [-0.4, -0.2) is 22.5 Å². The highest BCUT2D eigenvalue weighted by Gasteiger charge is 2.18. The number of hydrogen-bond donors (Lipinski definition) is 0. The Kier molecular flexibility index (Phi) is 4.19. The van der Waals surface area contributed by atoms with Crippen LogP contribution in [0.15, 0.2) is 16.9 Å². The van der Waals surface area contributed by atoms with Gasteiger partial charge in [-0.05, 0) is 37.4 Å². The molecule has 5 heteroatoms. The number of pyridine rings is 1. The highest BCUT2D eigenvalue weighted by molar-refractivity contribution is 6.63. The molecule has 2 rings (SSSR count). The summed E-state index contributed by atoms with van der Waals surface area (Å²) in [4.78, 5) is 23.1. The van der Waals surface area contributed by atoms with E-state index in [-0.39, 0.29) is 18.1 Å². The van der Waals surface area contributed by atoms with Crippen molar-refractivity contribution in [3.8, 4) is 0 Å². The van der Waals surface area contributed by atoms with Gasteiger partial charge in [0.05, 0.1) is 19.1 Å². The third-order valence-corrected chi connectivity index (χ3v) is 3.34. The lowest BCUT2D eigenvalue weighted by Gasteiger charge is -2.15. The number of aryl methyl sites for hydroxylation is 1. The summed E-state index contributed by atoms with van der Waals surface area (Å²) in [7, 11) is 0. The van der Waals surface area contributed by atoms with E-state index in [4.69, 9.17) is 16.3 Å². The molecule has 0 radical (unpaired) electrons. The Morgan fingerprint density at radius 2 is 2.33 bits per heavy atom. The van der Waals surface area contributed by atoms with Crippen molar-refractivity contribution in [3.63, 3.8) is 0 Å². The maximum atomic E-state index is 12.2. The maximum Gasteiger partial charge on any atom is 0.254 e. The zero-order valence-electron chi connectivity index (χ0n) is 10.3. The van der Waals surface area contributed by atoms with Gasteiger partial charge in [0.2, 0.25) is 5.24 Å². The van der Waals surface area contributed by atoms with Gasteiger partial charge in [0.15, 0.2) is 0 Å². The molecule has 1 atom stereocenters. The van der Waals surface area contributed by atoms with Crippen molar-refractivity contribution in [1.29, 1.82) is 0 Å². The van der Waals surface area contributed by atoms with Crippen molar-refractivity contribution < 1.29 is 9.53 Å². The SMILES string of the molecule is Cc1ccc(CC(=O)Cl)c(=O)n1CC1CCCO1. The molecular formula is C13H16ClNO3. The molecule has 18 heavy (non-hydrogen) atoms. The summed E-state index contributed by atoms with van der Waals surface area (Å²) in [5.41, 5.74) is 1.18. The molecule has 1 aromatic heterocycles. The van der Waals surface area contributed by atoms with Crippen molar-refractivity contribution in [2.45, 2.75) is 38.8 Å². The van der Waals surface area contributed by atoms with Crippen LogP contribution in [0.25, 0.3) is 0 Å². The third-order valence-electron chi connectivity index (χ3n) is 3.21. The molecule has 0 aromatic carbocycles. The van der Waals surface area contributed by atoms with E-state index >= 15 is 0 Å². The van der Waals surface area contributed by atoms with E-state index in [1.165, 1.54) is 0 Å². The molecule has 0 saturated carbocycles. The van der Waals surface area contributed by atoms with E-state index in [0.717, 1.165) is 25.1 Å². The van der Waals surface area contributed by atoms with Crippen LogP contribution in [0.2, 0.25) is 0 Å². The standard InChI is InChI=1S/C13H16ClNO3/c1-9-4-5-10(7-12(14)16)13(17)15(9)8-11-3-2-6-18-11/h4-5,11H,2-3,6-8H2,1H3. The Labute approximate surface area is 111 Å². The van der Waals surface area contributed by atoms with Crippen molar-refractivity contribution in [2.24, 2.45) is 0 Å². The lowest BCUT2D eigenvalue weighted by molar-refractivity contribution is -0.111. The number of carbonyl (C=O) groups is 1. The molecule has 2 heterocycles. The Hall–Kier alpha value is -1.13. The van der Waals surface area contributed by atoms with Gasteiger partial charge in [-0.2, -0.15) is 0 Å². The molecule has 1 fully saturated rings. The molecule has 0 N–H and O–H groups in total. The number of rotatable bonds is 4.